The van der Waals surface area contributed by atoms with Gasteiger partial charge in [0.25, 0.3) is 0 Å². The number of halogens is 1. The Hall–Kier alpha value is -2.53. The maximum absolute atomic E-state index is 13.6. The van der Waals surface area contributed by atoms with Gasteiger partial charge in [-0.15, -0.1) is 0 Å². The van der Waals surface area contributed by atoms with E-state index in [-0.39, 0.29) is 5.82 Å². The third-order valence-corrected chi connectivity index (χ3v) is 4.95. The quantitative estimate of drug-likeness (QED) is 0.790. The number of benzene rings is 2. The molecule has 1 aliphatic heterocycles. The number of nitrogens with one attached hydrogen (secondary N) is 1. The summed E-state index contributed by atoms with van der Waals surface area (Å²) in [6.45, 7) is 4.99. The van der Waals surface area contributed by atoms with Crippen molar-refractivity contribution in [1.82, 2.24) is 14.9 Å². The van der Waals surface area contributed by atoms with Gasteiger partial charge in [-0.3, -0.25) is 4.90 Å². The Balaban J connectivity index is 1.46. The summed E-state index contributed by atoms with van der Waals surface area (Å²) in [5.74, 6) is 0.416. The first kappa shape index (κ1) is 16.0. The van der Waals surface area contributed by atoms with Gasteiger partial charge in [0.1, 0.15) is 18.0 Å². The minimum atomic E-state index is -0.272. The van der Waals surface area contributed by atoms with Gasteiger partial charge in [-0.1, -0.05) is 24.3 Å². The Labute approximate surface area is 146 Å². The molecule has 5 heteroatoms. The van der Waals surface area contributed by atoms with E-state index in [0.29, 0.717) is 11.9 Å². The van der Waals surface area contributed by atoms with E-state index in [2.05, 4.69) is 51.4 Å². The average Bonchev–Trinajstić information content (AvgIpc) is 2.65. The lowest BCUT2D eigenvalue weighted by Crippen LogP contribution is -2.41. The number of anilines is 1. The first-order valence-corrected chi connectivity index (χ1v) is 8.65. The lowest BCUT2D eigenvalue weighted by atomic mass is 9.99. The van der Waals surface area contributed by atoms with Crippen LogP contribution in [0.1, 0.15) is 18.1 Å². The molecular weight excluding hydrogens is 315 g/mol. The SMILES string of the molecule is CC(CNc1ncnc2ccc(F)cc12)N1CCc2ccccc2C1. The van der Waals surface area contributed by atoms with Gasteiger partial charge in [0, 0.05) is 31.1 Å². The molecule has 0 saturated carbocycles. The molecule has 0 amide bonds. The van der Waals surface area contributed by atoms with Crippen LogP contribution in [0.15, 0.2) is 48.8 Å². The molecule has 3 aromatic rings. The van der Waals surface area contributed by atoms with E-state index in [0.717, 1.165) is 37.0 Å². The average molecular weight is 336 g/mol. The fraction of sp³-hybridized carbons (Fsp3) is 0.300. The van der Waals surface area contributed by atoms with Crippen molar-refractivity contribution in [2.24, 2.45) is 0 Å². The van der Waals surface area contributed by atoms with E-state index in [1.807, 2.05) is 0 Å². The normalized spacial score (nSPS) is 15.8. The van der Waals surface area contributed by atoms with Gasteiger partial charge in [-0.05, 0) is 42.7 Å². The summed E-state index contributed by atoms with van der Waals surface area (Å²) in [6, 6.07) is 13.6. The predicted molar refractivity (Wildman–Crippen MR) is 98.0 cm³/mol. The molecule has 25 heavy (non-hydrogen) atoms. The number of nitrogens with zero attached hydrogens (tertiary/aromatic N) is 3. The van der Waals surface area contributed by atoms with E-state index in [9.17, 15) is 4.39 Å². The van der Waals surface area contributed by atoms with Gasteiger partial charge in [0.2, 0.25) is 0 Å². The Morgan fingerprint density at radius 1 is 1.16 bits per heavy atom. The number of fused-ring (bicyclic) bond motifs is 2. The van der Waals surface area contributed by atoms with Crippen molar-refractivity contribution in [3.63, 3.8) is 0 Å². The zero-order valence-corrected chi connectivity index (χ0v) is 14.2. The van der Waals surface area contributed by atoms with Crippen molar-refractivity contribution in [3.05, 3.63) is 65.7 Å². The lowest BCUT2D eigenvalue weighted by Gasteiger charge is -2.34. The van der Waals surface area contributed by atoms with E-state index in [1.165, 1.54) is 29.6 Å². The Kier molecular flexibility index (Phi) is 4.32. The van der Waals surface area contributed by atoms with Crippen LogP contribution in [0.4, 0.5) is 10.2 Å². The van der Waals surface area contributed by atoms with Crippen LogP contribution in [-0.2, 0) is 13.0 Å². The molecule has 0 saturated heterocycles. The Bertz CT molecular complexity index is 896. The molecule has 0 bridgehead atoms. The number of hydrogen-bond donors (Lipinski definition) is 1. The molecule has 1 aliphatic rings. The van der Waals surface area contributed by atoms with Gasteiger partial charge < -0.3 is 5.32 Å². The largest absolute Gasteiger partial charge is 0.368 e. The van der Waals surface area contributed by atoms with Crippen LogP contribution in [0.3, 0.4) is 0 Å². The summed E-state index contributed by atoms with van der Waals surface area (Å²) in [4.78, 5) is 11.0. The van der Waals surface area contributed by atoms with E-state index < -0.39 is 0 Å². The molecule has 1 aromatic heterocycles. The second kappa shape index (κ2) is 6.76. The Morgan fingerprint density at radius 2 is 2.00 bits per heavy atom. The van der Waals surface area contributed by atoms with Gasteiger partial charge >= 0.3 is 0 Å². The van der Waals surface area contributed by atoms with Crippen molar-refractivity contribution in [3.8, 4) is 0 Å². The van der Waals surface area contributed by atoms with Crippen LogP contribution >= 0.6 is 0 Å². The standard InChI is InChI=1S/C20H21FN4/c1-14(25-9-8-15-4-2-3-5-16(15)12-25)11-22-20-18-10-17(21)6-7-19(18)23-13-24-20/h2-7,10,13-14H,8-9,11-12H2,1H3,(H,22,23,24). The monoisotopic (exact) mass is 336 g/mol. The smallest absolute Gasteiger partial charge is 0.137 e. The molecule has 1 N–H and O–H groups in total. The first-order valence-electron chi connectivity index (χ1n) is 8.65. The highest BCUT2D eigenvalue weighted by Crippen LogP contribution is 2.22. The molecule has 0 radical (unpaired) electrons. The summed E-state index contributed by atoms with van der Waals surface area (Å²) >= 11 is 0. The van der Waals surface area contributed by atoms with Crippen molar-refractivity contribution in [2.75, 3.05) is 18.4 Å². The summed E-state index contributed by atoms with van der Waals surface area (Å²) in [6.07, 6.45) is 2.60. The van der Waals surface area contributed by atoms with Gasteiger partial charge in [-0.2, -0.15) is 0 Å². The molecule has 0 aliphatic carbocycles. The van der Waals surface area contributed by atoms with Crippen LogP contribution in [0.5, 0.6) is 0 Å². The summed E-state index contributed by atoms with van der Waals surface area (Å²) < 4.78 is 13.6. The maximum Gasteiger partial charge on any atom is 0.137 e. The van der Waals surface area contributed by atoms with E-state index in [4.69, 9.17) is 0 Å². The fourth-order valence-electron chi connectivity index (χ4n) is 3.44. The van der Waals surface area contributed by atoms with Crippen molar-refractivity contribution in [2.45, 2.75) is 25.9 Å². The highest BCUT2D eigenvalue weighted by molar-refractivity contribution is 5.88. The highest BCUT2D eigenvalue weighted by Gasteiger charge is 2.20. The molecule has 2 aromatic carbocycles. The summed E-state index contributed by atoms with van der Waals surface area (Å²) in [7, 11) is 0. The van der Waals surface area contributed by atoms with Crippen molar-refractivity contribution < 1.29 is 4.39 Å². The number of aromatic nitrogens is 2. The van der Waals surface area contributed by atoms with Crippen LogP contribution in [0, 0.1) is 5.82 Å². The second-order valence-electron chi connectivity index (χ2n) is 6.60. The van der Waals surface area contributed by atoms with Crippen molar-refractivity contribution in [1.29, 1.82) is 0 Å². The summed E-state index contributed by atoms with van der Waals surface area (Å²) in [5, 5.41) is 4.10. The zero-order chi connectivity index (χ0) is 17.2. The molecule has 128 valence electrons. The molecule has 0 fully saturated rings. The highest BCUT2D eigenvalue weighted by atomic mass is 19.1. The van der Waals surface area contributed by atoms with Crippen LogP contribution in [0.2, 0.25) is 0 Å². The minimum absolute atomic E-state index is 0.272. The minimum Gasteiger partial charge on any atom is -0.368 e. The molecule has 1 atom stereocenters. The molecule has 4 rings (SSSR count). The second-order valence-corrected chi connectivity index (χ2v) is 6.60. The molecule has 4 nitrogen and oxygen atoms in total. The maximum atomic E-state index is 13.6. The Morgan fingerprint density at radius 3 is 2.88 bits per heavy atom. The van der Waals surface area contributed by atoms with Gasteiger partial charge in [-0.25, -0.2) is 14.4 Å². The molecule has 0 spiro atoms. The van der Waals surface area contributed by atoms with E-state index >= 15 is 0 Å². The third-order valence-electron chi connectivity index (χ3n) is 4.95. The molecular formula is C20H21FN4. The van der Waals surface area contributed by atoms with Crippen molar-refractivity contribution >= 4 is 16.7 Å². The van der Waals surface area contributed by atoms with Crippen LogP contribution in [-0.4, -0.2) is 34.0 Å². The third kappa shape index (κ3) is 3.33. The lowest BCUT2D eigenvalue weighted by molar-refractivity contribution is 0.198. The van der Waals surface area contributed by atoms with Gasteiger partial charge in [0.15, 0.2) is 0 Å². The zero-order valence-electron chi connectivity index (χ0n) is 14.2. The van der Waals surface area contributed by atoms with Gasteiger partial charge in [0.05, 0.1) is 5.52 Å². The number of rotatable bonds is 4. The first-order chi connectivity index (χ1) is 12.2. The predicted octanol–water partition coefficient (Wildman–Crippen LogP) is 3.63. The van der Waals surface area contributed by atoms with Crippen LogP contribution in [0.25, 0.3) is 10.9 Å². The fourth-order valence-corrected chi connectivity index (χ4v) is 3.44. The van der Waals surface area contributed by atoms with E-state index in [1.54, 1.807) is 6.07 Å². The topological polar surface area (TPSA) is 41.1 Å². The molecule has 1 unspecified atom stereocenters. The molecule has 2 heterocycles. The number of hydrogen-bond acceptors (Lipinski definition) is 4. The van der Waals surface area contributed by atoms with Crippen LogP contribution < -0.4 is 5.32 Å². The summed E-state index contributed by atoms with van der Waals surface area (Å²) in [5.41, 5.74) is 3.62.